The topological polar surface area (TPSA) is 29.1 Å². The third-order valence-corrected chi connectivity index (χ3v) is 1.13. The van der Waals surface area contributed by atoms with E-state index >= 15 is 0 Å². The molecule has 0 atom stereocenters. The fourth-order valence-corrected chi connectivity index (χ4v) is 0.408. The lowest BCUT2D eigenvalue weighted by atomic mass is 9.96. The predicted molar refractivity (Wildman–Crippen MR) is 46.9 cm³/mol. The lowest BCUT2D eigenvalue weighted by Gasteiger charge is -2.15. The maximum Gasteiger partial charge on any atom is 0.229 e. The van der Waals surface area contributed by atoms with Crippen LogP contribution in [-0.4, -0.2) is 5.91 Å². The van der Waals surface area contributed by atoms with Gasteiger partial charge in [0.25, 0.3) is 0 Å². The van der Waals surface area contributed by atoms with Crippen molar-refractivity contribution >= 4 is 5.91 Å². The number of rotatable bonds is 2. The van der Waals surface area contributed by atoms with Crippen molar-refractivity contribution in [1.29, 1.82) is 0 Å². The molecular formula is C9H15NO. The van der Waals surface area contributed by atoms with Crippen LogP contribution < -0.4 is 5.32 Å². The lowest BCUT2D eigenvalue weighted by Crippen LogP contribution is -2.31. The molecule has 2 heteroatoms. The molecule has 0 fully saturated rings. The summed E-state index contributed by atoms with van der Waals surface area (Å²) in [6, 6.07) is 0. The summed E-state index contributed by atoms with van der Waals surface area (Å²) in [5.41, 5.74) is -0.328. The summed E-state index contributed by atoms with van der Waals surface area (Å²) in [5, 5.41) is 2.63. The fraction of sp³-hybridized carbons (Fsp3) is 0.444. The van der Waals surface area contributed by atoms with Crippen LogP contribution in [-0.2, 0) is 4.79 Å². The highest BCUT2D eigenvalue weighted by Gasteiger charge is 2.19. The summed E-state index contributed by atoms with van der Waals surface area (Å²) in [4.78, 5) is 11.1. The van der Waals surface area contributed by atoms with Crippen molar-refractivity contribution in [1.82, 2.24) is 5.32 Å². The Morgan fingerprint density at radius 2 is 2.00 bits per heavy atom. The maximum atomic E-state index is 11.1. The molecule has 0 aliphatic carbocycles. The van der Waals surface area contributed by atoms with Gasteiger partial charge in [0.1, 0.15) is 0 Å². The first kappa shape index (κ1) is 9.95. The lowest BCUT2D eigenvalue weighted by molar-refractivity contribution is -0.127. The molecule has 0 unspecified atom stereocenters. The Kier molecular flexibility index (Phi) is 3.58. The minimum absolute atomic E-state index is 0.00981. The molecule has 0 bridgehead atoms. The summed E-state index contributed by atoms with van der Waals surface area (Å²) in [5.74, 6) is 0.00981. The van der Waals surface area contributed by atoms with Crippen LogP contribution in [0, 0.1) is 5.41 Å². The van der Waals surface area contributed by atoms with E-state index in [1.165, 1.54) is 0 Å². The van der Waals surface area contributed by atoms with Crippen LogP contribution in [0.25, 0.3) is 0 Å². The van der Waals surface area contributed by atoms with Crippen molar-refractivity contribution in [3.8, 4) is 0 Å². The Balaban J connectivity index is 3.89. The van der Waals surface area contributed by atoms with Crippen molar-refractivity contribution in [3.05, 3.63) is 24.9 Å². The second-order valence-electron chi connectivity index (χ2n) is 3.32. The van der Waals surface area contributed by atoms with Crippen molar-refractivity contribution in [2.45, 2.75) is 20.8 Å². The summed E-state index contributed by atoms with van der Waals surface area (Å²) < 4.78 is 0. The van der Waals surface area contributed by atoms with Crippen molar-refractivity contribution in [3.63, 3.8) is 0 Å². The summed E-state index contributed by atoms with van der Waals surface area (Å²) in [6.07, 6.45) is 4.88. The van der Waals surface area contributed by atoms with Crippen molar-refractivity contribution in [2.24, 2.45) is 5.41 Å². The van der Waals surface area contributed by atoms with E-state index < -0.39 is 0 Å². The molecule has 0 radical (unpaired) electrons. The van der Waals surface area contributed by atoms with Crippen LogP contribution in [0.1, 0.15) is 20.8 Å². The average molecular weight is 153 g/mol. The molecule has 0 aromatic rings. The molecule has 0 spiro atoms. The quantitative estimate of drug-likeness (QED) is 0.603. The van der Waals surface area contributed by atoms with Crippen LogP contribution in [0.5, 0.6) is 0 Å². The van der Waals surface area contributed by atoms with E-state index in [-0.39, 0.29) is 11.3 Å². The second-order valence-corrected chi connectivity index (χ2v) is 3.32. The molecule has 0 saturated carbocycles. The van der Waals surface area contributed by atoms with Gasteiger partial charge in [0, 0.05) is 11.6 Å². The minimum atomic E-state index is -0.328. The zero-order valence-electron chi connectivity index (χ0n) is 7.35. The summed E-state index contributed by atoms with van der Waals surface area (Å²) in [6.45, 7) is 9.08. The third kappa shape index (κ3) is 4.37. The number of allylic oxidation sites excluding steroid dienone is 2. The molecule has 0 saturated heterocycles. The van der Waals surface area contributed by atoms with Gasteiger partial charge in [-0.2, -0.15) is 0 Å². The van der Waals surface area contributed by atoms with Gasteiger partial charge in [-0.05, 0) is 6.08 Å². The Labute approximate surface area is 68.0 Å². The van der Waals surface area contributed by atoms with Crippen LogP contribution in [0.3, 0.4) is 0 Å². The van der Waals surface area contributed by atoms with Crippen molar-refractivity contribution < 1.29 is 4.79 Å². The number of amides is 1. The fourth-order valence-electron chi connectivity index (χ4n) is 0.408. The van der Waals surface area contributed by atoms with Gasteiger partial charge in [0.15, 0.2) is 0 Å². The van der Waals surface area contributed by atoms with E-state index in [4.69, 9.17) is 0 Å². The highest BCUT2D eigenvalue weighted by molar-refractivity contribution is 5.82. The number of nitrogens with one attached hydrogen (secondary N) is 1. The zero-order valence-corrected chi connectivity index (χ0v) is 7.35. The second kappa shape index (κ2) is 3.96. The van der Waals surface area contributed by atoms with E-state index in [0.717, 1.165) is 0 Å². The molecule has 0 heterocycles. The van der Waals surface area contributed by atoms with Gasteiger partial charge in [0.2, 0.25) is 5.91 Å². The van der Waals surface area contributed by atoms with Gasteiger partial charge in [-0.25, -0.2) is 0 Å². The minimum Gasteiger partial charge on any atom is -0.332 e. The van der Waals surface area contributed by atoms with Crippen molar-refractivity contribution in [2.75, 3.05) is 0 Å². The molecule has 1 N–H and O–H groups in total. The molecule has 2 nitrogen and oxygen atoms in total. The van der Waals surface area contributed by atoms with Gasteiger partial charge >= 0.3 is 0 Å². The smallest absolute Gasteiger partial charge is 0.229 e. The third-order valence-electron chi connectivity index (χ3n) is 1.13. The monoisotopic (exact) mass is 153 g/mol. The van der Waals surface area contributed by atoms with Crippen LogP contribution in [0.2, 0.25) is 0 Å². The molecule has 0 rings (SSSR count). The predicted octanol–water partition coefficient (Wildman–Crippen LogP) is 1.85. The van der Waals surface area contributed by atoms with Crippen LogP contribution in [0.4, 0.5) is 0 Å². The number of hydrogen-bond donors (Lipinski definition) is 1. The standard InChI is InChI=1S/C9H15NO/c1-5-6-7-10-8(11)9(2,3)4/h5-7H,1H2,2-4H3,(H,10,11)/b7-6+. The SMILES string of the molecule is C=C/C=C/NC(=O)C(C)(C)C. The van der Waals surface area contributed by atoms with E-state index in [0.29, 0.717) is 0 Å². The highest BCUT2D eigenvalue weighted by Crippen LogP contribution is 2.11. The molecule has 1 amide bonds. The molecular weight excluding hydrogens is 138 g/mol. The Morgan fingerprint density at radius 1 is 1.45 bits per heavy atom. The maximum absolute atomic E-state index is 11.1. The first-order valence-corrected chi connectivity index (χ1v) is 3.57. The van der Waals surface area contributed by atoms with Gasteiger partial charge in [-0.15, -0.1) is 0 Å². The Bertz CT molecular complexity index is 174. The van der Waals surface area contributed by atoms with E-state index in [1.807, 2.05) is 20.8 Å². The van der Waals surface area contributed by atoms with E-state index in [2.05, 4.69) is 11.9 Å². The normalized spacial score (nSPS) is 11.5. The average Bonchev–Trinajstić information content (AvgIpc) is 1.86. The zero-order chi connectivity index (χ0) is 8.91. The van der Waals surface area contributed by atoms with Gasteiger partial charge in [-0.1, -0.05) is 33.4 Å². The number of carbonyl (C=O) groups is 1. The van der Waals surface area contributed by atoms with Gasteiger partial charge in [-0.3, -0.25) is 4.79 Å². The van der Waals surface area contributed by atoms with Gasteiger partial charge < -0.3 is 5.32 Å². The summed E-state index contributed by atoms with van der Waals surface area (Å²) >= 11 is 0. The summed E-state index contributed by atoms with van der Waals surface area (Å²) in [7, 11) is 0. The first-order valence-electron chi connectivity index (χ1n) is 3.57. The largest absolute Gasteiger partial charge is 0.332 e. The van der Waals surface area contributed by atoms with Crippen LogP contribution >= 0.6 is 0 Å². The molecule has 0 aliphatic heterocycles. The molecule has 0 aliphatic rings. The number of hydrogen-bond acceptors (Lipinski definition) is 1. The molecule has 62 valence electrons. The molecule has 11 heavy (non-hydrogen) atoms. The number of carbonyl (C=O) groups excluding carboxylic acids is 1. The first-order chi connectivity index (χ1) is 4.98. The Hall–Kier alpha value is -1.05. The van der Waals surface area contributed by atoms with Gasteiger partial charge in [0.05, 0.1) is 0 Å². The van der Waals surface area contributed by atoms with E-state index in [9.17, 15) is 4.79 Å². The van der Waals surface area contributed by atoms with E-state index in [1.54, 1.807) is 18.4 Å². The van der Waals surface area contributed by atoms with Crippen LogP contribution in [0.15, 0.2) is 24.9 Å². The molecule has 0 aromatic carbocycles. The molecule has 0 aromatic heterocycles. The Morgan fingerprint density at radius 3 is 2.36 bits per heavy atom. The highest BCUT2D eigenvalue weighted by atomic mass is 16.2.